The highest BCUT2D eigenvalue weighted by atomic mass is 16.6. The standard InChI is InChI=1S/C68H90N8O14/c1-7-8-13-30-52(39-48-22-14-9-15-23-48)61(82)69-33-31-58(79)68(75-64(85)56(42-51-28-20-12-21-29-51)74-66(87)90-67(4,5)6,43-57(78)53(46-77)44-71-63(84)55(73-65(86)89-47(2)3)41-50-26-18-11-19-27-50)59(80)32-34-70-62(83)54(40-49-24-16-10-17-25-49)72-60(81)45-76-35-37-88-38-36-76/h9-12,14-29,46-47,52-56H,7-8,13,30-45H2,1-6H3,(H,69,82)(H,70,83)(H,71,84)(H,72,81)(H,73,86)(H,74,87)(H,75,85)/t52?,53?,54-,55-,56-,68?/m0/s1. The highest BCUT2D eigenvalue weighted by Crippen LogP contribution is 2.24. The van der Waals surface area contributed by atoms with Gasteiger partial charge < -0.3 is 56.2 Å². The molecule has 1 aliphatic heterocycles. The number of ether oxygens (including phenoxy) is 3. The molecule has 7 N–H and O–H groups in total. The molecule has 7 amide bonds. The number of unbranched alkanes of at least 4 members (excludes halogenated alkanes) is 2. The molecule has 0 saturated carbocycles. The number of rotatable bonds is 37. The fourth-order valence-corrected chi connectivity index (χ4v) is 10.2. The van der Waals surface area contributed by atoms with E-state index < -0.39 is 133 Å². The van der Waals surface area contributed by atoms with Crippen molar-refractivity contribution in [3.8, 4) is 0 Å². The Balaban J connectivity index is 1.55. The first-order valence-electron chi connectivity index (χ1n) is 31.0. The number of nitrogens with zero attached hydrogens (tertiary/aromatic N) is 1. The number of hydrogen-bond acceptors (Lipinski definition) is 15. The summed E-state index contributed by atoms with van der Waals surface area (Å²) in [6.07, 6.45) is -1.69. The summed E-state index contributed by atoms with van der Waals surface area (Å²) in [4.78, 5) is 159. The van der Waals surface area contributed by atoms with E-state index in [4.69, 9.17) is 14.2 Å². The average molecular weight is 1240 g/mol. The number of benzene rings is 4. The minimum absolute atomic E-state index is 0.0244. The molecule has 4 aromatic rings. The van der Waals surface area contributed by atoms with E-state index in [1.807, 2.05) is 42.2 Å². The van der Waals surface area contributed by atoms with Crippen LogP contribution in [0.4, 0.5) is 9.59 Å². The zero-order valence-electron chi connectivity index (χ0n) is 52.7. The van der Waals surface area contributed by atoms with Crippen LogP contribution in [-0.4, -0.2) is 158 Å². The van der Waals surface area contributed by atoms with Crippen LogP contribution < -0.4 is 37.2 Å². The quantitative estimate of drug-likeness (QED) is 0.0172. The Morgan fingerprint density at radius 1 is 0.578 bits per heavy atom. The van der Waals surface area contributed by atoms with Crippen molar-refractivity contribution < 1.29 is 67.0 Å². The lowest BCUT2D eigenvalue weighted by Gasteiger charge is -2.34. The van der Waals surface area contributed by atoms with Gasteiger partial charge >= 0.3 is 12.2 Å². The van der Waals surface area contributed by atoms with Gasteiger partial charge in [0, 0.05) is 77.2 Å². The summed E-state index contributed by atoms with van der Waals surface area (Å²) < 4.78 is 16.2. The molecule has 0 spiro atoms. The number of alkyl carbamates (subject to hydrolysis) is 2. The fraction of sp³-hybridized carbons (Fsp3) is 0.485. The van der Waals surface area contributed by atoms with Crippen molar-refractivity contribution in [2.75, 3.05) is 52.5 Å². The molecule has 0 aromatic heterocycles. The largest absolute Gasteiger partial charge is 0.447 e. The summed E-state index contributed by atoms with van der Waals surface area (Å²) in [5.41, 5.74) is -1.16. The molecule has 6 atom stereocenters. The molecule has 22 heteroatoms. The van der Waals surface area contributed by atoms with Gasteiger partial charge in [-0.2, -0.15) is 0 Å². The maximum absolute atomic E-state index is 15.5. The Hall–Kier alpha value is -8.63. The normalized spacial score (nSPS) is 14.7. The number of hydrogen-bond donors (Lipinski definition) is 7. The number of amides is 7. The predicted molar refractivity (Wildman–Crippen MR) is 337 cm³/mol. The highest BCUT2D eigenvalue weighted by molar-refractivity contribution is 6.17. The molecule has 1 aliphatic rings. The Bertz CT molecular complexity index is 2980. The van der Waals surface area contributed by atoms with Gasteiger partial charge in [-0.1, -0.05) is 148 Å². The van der Waals surface area contributed by atoms with Gasteiger partial charge in [-0.15, -0.1) is 0 Å². The smallest absolute Gasteiger partial charge is 0.408 e. The minimum atomic E-state index is -2.89. The molecule has 0 bridgehead atoms. The molecule has 0 radical (unpaired) electrons. The summed E-state index contributed by atoms with van der Waals surface area (Å²) in [5.74, 6) is -9.09. The van der Waals surface area contributed by atoms with Gasteiger partial charge in [-0.25, -0.2) is 9.59 Å². The Morgan fingerprint density at radius 2 is 1.03 bits per heavy atom. The lowest BCUT2D eigenvalue weighted by molar-refractivity contribution is -0.145. The van der Waals surface area contributed by atoms with Crippen molar-refractivity contribution in [3.63, 3.8) is 0 Å². The number of ketones is 3. The second kappa shape index (κ2) is 37.4. The number of morpholine rings is 1. The van der Waals surface area contributed by atoms with Crippen LogP contribution in [0.25, 0.3) is 0 Å². The minimum Gasteiger partial charge on any atom is -0.447 e. The van der Waals surface area contributed by atoms with Crippen molar-refractivity contribution in [3.05, 3.63) is 144 Å². The van der Waals surface area contributed by atoms with Crippen LogP contribution in [0.1, 0.15) is 109 Å². The van der Waals surface area contributed by atoms with Gasteiger partial charge in [0.05, 0.1) is 31.8 Å². The number of carbonyl (C=O) groups excluding carboxylic acids is 11. The molecule has 5 rings (SSSR count). The van der Waals surface area contributed by atoms with Crippen LogP contribution >= 0.6 is 0 Å². The van der Waals surface area contributed by atoms with Crippen LogP contribution in [0.15, 0.2) is 121 Å². The maximum atomic E-state index is 15.5. The van der Waals surface area contributed by atoms with Crippen molar-refractivity contribution in [1.82, 2.24) is 42.1 Å². The zero-order valence-corrected chi connectivity index (χ0v) is 52.7. The van der Waals surface area contributed by atoms with Crippen molar-refractivity contribution in [1.29, 1.82) is 0 Å². The first-order chi connectivity index (χ1) is 43.1. The third kappa shape index (κ3) is 25.5. The average Bonchev–Trinajstić information content (AvgIpc) is 1.34. The van der Waals surface area contributed by atoms with E-state index in [0.717, 1.165) is 24.8 Å². The van der Waals surface area contributed by atoms with Crippen LogP contribution in [0.2, 0.25) is 0 Å². The van der Waals surface area contributed by atoms with E-state index in [1.165, 1.54) is 0 Å². The van der Waals surface area contributed by atoms with E-state index in [0.29, 0.717) is 55.8 Å². The SMILES string of the molecule is CCCCCC(Cc1ccccc1)C(=O)NCCC(=O)C(CC(=O)C(C=O)CNC(=O)[C@H](Cc1ccccc1)NC(=O)OC(C)C)(NC(=O)[C@H](Cc1ccccc1)NC(=O)OC(C)(C)C)C(=O)CCNC(=O)[C@H](Cc1ccccc1)NC(=O)CN1CCOCC1. The Labute approximate surface area is 527 Å². The van der Waals surface area contributed by atoms with Crippen LogP contribution in [0.3, 0.4) is 0 Å². The van der Waals surface area contributed by atoms with E-state index in [-0.39, 0.29) is 44.5 Å². The van der Waals surface area contributed by atoms with Gasteiger partial charge in [0.2, 0.25) is 29.5 Å². The molecule has 0 aliphatic carbocycles. The molecule has 486 valence electrons. The predicted octanol–water partition coefficient (Wildman–Crippen LogP) is 5.26. The van der Waals surface area contributed by atoms with E-state index in [9.17, 15) is 33.6 Å². The van der Waals surface area contributed by atoms with Crippen LogP contribution in [0.5, 0.6) is 0 Å². The third-order valence-electron chi connectivity index (χ3n) is 14.9. The summed E-state index contributed by atoms with van der Waals surface area (Å²) >= 11 is 0. The molecular weight excluding hydrogens is 1150 g/mol. The van der Waals surface area contributed by atoms with Crippen molar-refractivity contribution in [2.24, 2.45) is 11.8 Å². The van der Waals surface area contributed by atoms with Crippen LogP contribution in [0, 0.1) is 11.8 Å². The van der Waals surface area contributed by atoms with Gasteiger partial charge in [0.25, 0.3) is 0 Å². The lowest BCUT2D eigenvalue weighted by Crippen LogP contribution is -2.65. The number of nitrogens with one attached hydrogen (secondary N) is 7. The molecular formula is C68H90N8O14. The van der Waals surface area contributed by atoms with Gasteiger partial charge in [-0.05, 0) is 69.7 Å². The van der Waals surface area contributed by atoms with Crippen molar-refractivity contribution >= 4 is 65.4 Å². The lowest BCUT2D eigenvalue weighted by atomic mass is 9.78. The summed E-state index contributed by atoms with van der Waals surface area (Å²) in [5, 5.41) is 18.6. The van der Waals surface area contributed by atoms with E-state index in [1.54, 1.807) is 126 Å². The first kappa shape index (κ1) is 72.1. The maximum Gasteiger partial charge on any atom is 0.408 e. The van der Waals surface area contributed by atoms with Gasteiger partial charge in [-0.3, -0.25) is 43.3 Å². The molecule has 1 saturated heterocycles. The number of carbonyl (C=O) groups is 11. The second-order valence-electron chi connectivity index (χ2n) is 23.8. The second-order valence-corrected chi connectivity index (χ2v) is 23.8. The van der Waals surface area contributed by atoms with E-state index >= 15 is 19.2 Å². The molecule has 90 heavy (non-hydrogen) atoms. The highest BCUT2D eigenvalue weighted by Gasteiger charge is 2.49. The Morgan fingerprint density at radius 3 is 1.51 bits per heavy atom. The fourth-order valence-electron chi connectivity index (χ4n) is 10.2. The monoisotopic (exact) mass is 1240 g/mol. The van der Waals surface area contributed by atoms with Crippen LogP contribution in [-0.2, 0) is 83.0 Å². The summed E-state index contributed by atoms with van der Waals surface area (Å²) in [7, 11) is 0. The van der Waals surface area contributed by atoms with Gasteiger partial charge in [0.1, 0.15) is 35.8 Å². The van der Waals surface area contributed by atoms with Gasteiger partial charge in [0.15, 0.2) is 17.1 Å². The molecule has 3 unspecified atom stereocenters. The molecule has 1 fully saturated rings. The Kier molecular flexibility index (Phi) is 30.0. The number of Topliss-reactive ketones (excluding diaryl/α,β-unsaturated/α-hetero) is 3. The number of aldehydes is 1. The molecule has 1 heterocycles. The summed E-state index contributed by atoms with van der Waals surface area (Å²) in [6, 6.07) is 31.4. The molecule has 22 nitrogen and oxygen atoms in total. The third-order valence-corrected chi connectivity index (χ3v) is 14.9. The zero-order chi connectivity index (χ0) is 65.5. The van der Waals surface area contributed by atoms with Crippen molar-refractivity contribution in [2.45, 2.75) is 148 Å². The molecule has 4 aromatic carbocycles. The summed E-state index contributed by atoms with van der Waals surface area (Å²) in [6.45, 7) is 10.3. The first-order valence-corrected chi connectivity index (χ1v) is 31.0. The van der Waals surface area contributed by atoms with E-state index in [2.05, 4.69) is 37.2 Å². The topological polar surface area (TPSA) is 303 Å².